The molecule has 4 atom stereocenters. The summed E-state index contributed by atoms with van der Waals surface area (Å²) in [7, 11) is 0. The van der Waals surface area contributed by atoms with Crippen LogP contribution in [0.3, 0.4) is 0 Å². The summed E-state index contributed by atoms with van der Waals surface area (Å²) in [6, 6.07) is 0. The summed E-state index contributed by atoms with van der Waals surface area (Å²) in [6.07, 6.45) is -6.45. The average molecular weight is 236 g/mol. The van der Waals surface area contributed by atoms with Crippen LogP contribution in [0.25, 0.3) is 0 Å². The quantitative estimate of drug-likeness (QED) is 0.340. The molecule has 0 spiro atoms. The van der Waals surface area contributed by atoms with E-state index in [4.69, 9.17) is 20.4 Å². The van der Waals surface area contributed by atoms with Gasteiger partial charge in [-0.25, -0.2) is 0 Å². The Morgan fingerprint density at radius 2 is 1.56 bits per heavy atom. The molecule has 0 aromatic rings. The molecule has 16 heavy (non-hydrogen) atoms. The predicted octanol–water partition coefficient (Wildman–Crippen LogP) is -2.40. The maximum absolute atomic E-state index is 10.6. The third-order valence-corrected chi connectivity index (χ3v) is 2.40. The highest BCUT2D eigenvalue weighted by Crippen LogP contribution is 2.25. The first-order valence-corrected chi connectivity index (χ1v) is 4.50. The SMILES string of the molecule is O=C(O)C(C[C@H]1OC(O)[C@H](O)[C@@H]1O)C(=O)O. The van der Waals surface area contributed by atoms with E-state index in [1.165, 1.54) is 0 Å². The van der Waals surface area contributed by atoms with E-state index < -0.39 is 48.9 Å². The molecule has 0 radical (unpaired) electrons. The number of carboxylic acid groups (broad SMARTS) is 2. The fraction of sp³-hybridized carbons (Fsp3) is 0.750. The Balaban J connectivity index is 2.66. The molecule has 92 valence electrons. The van der Waals surface area contributed by atoms with Crippen molar-refractivity contribution in [2.24, 2.45) is 5.92 Å². The molecular formula is C8H12O8. The van der Waals surface area contributed by atoms with Crippen molar-refractivity contribution in [2.75, 3.05) is 0 Å². The van der Waals surface area contributed by atoms with E-state index in [0.717, 1.165) is 0 Å². The highest BCUT2D eigenvalue weighted by molar-refractivity contribution is 5.92. The maximum atomic E-state index is 10.6. The van der Waals surface area contributed by atoms with Crippen LogP contribution in [-0.2, 0) is 14.3 Å². The highest BCUT2D eigenvalue weighted by Gasteiger charge is 2.44. The molecule has 1 saturated heterocycles. The first-order chi connectivity index (χ1) is 7.34. The second kappa shape index (κ2) is 4.74. The zero-order chi connectivity index (χ0) is 12.5. The third-order valence-electron chi connectivity index (χ3n) is 2.40. The lowest BCUT2D eigenvalue weighted by Crippen LogP contribution is -2.35. The van der Waals surface area contributed by atoms with Crippen LogP contribution < -0.4 is 0 Å². The summed E-state index contributed by atoms with van der Waals surface area (Å²) >= 11 is 0. The molecule has 1 heterocycles. The number of aliphatic carboxylic acids is 2. The summed E-state index contributed by atoms with van der Waals surface area (Å²) in [5.74, 6) is -4.89. The standard InChI is InChI=1S/C8H12O8/c9-4-3(16-8(15)5(4)10)1-2(6(11)12)7(13)14/h2-5,8-10,15H,1H2,(H,11,12)(H,13,14)/t3-,4-,5-,8?/m1/s1. The van der Waals surface area contributed by atoms with Gasteiger partial charge in [0.2, 0.25) is 0 Å². The van der Waals surface area contributed by atoms with Crippen LogP contribution in [0.15, 0.2) is 0 Å². The topological polar surface area (TPSA) is 145 Å². The highest BCUT2D eigenvalue weighted by atomic mass is 16.6. The largest absolute Gasteiger partial charge is 0.481 e. The van der Waals surface area contributed by atoms with Crippen molar-refractivity contribution < 1.29 is 39.9 Å². The van der Waals surface area contributed by atoms with E-state index in [0.29, 0.717) is 0 Å². The van der Waals surface area contributed by atoms with Crippen molar-refractivity contribution in [3.63, 3.8) is 0 Å². The molecule has 0 aliphatic carbocycles. The van der Waals surface area contributed by atoms with E-state index in [9.17, 15) is 14.7 Å². The first kappa shape index (κ1) is 12.8. The van der Waals surface area contributed by atoms with Crippen LogP contribution in [0.1, 0.15) is 6.42 Å². The molecule has 5 N–H and O–H groups in total. The Labute approximate surface area is 89.7 Å². The summed E-state index contributed by atoms with van der Waals surface area (Å²) in [5.41, 5.74) is 0. The van der Waals surface area contributed by atoms with Crippen LogP contribution in [0.4, 0.5) is 0 Å². The number of hydrogen-bond acceptors (Lipinski definition) is 6. The van der Waals surface area contributed by atoms with Crippen molar-refractivity contribution in [1.82, 2.24) is 0 Å². The molecule has 1 fully saturated rings. The zero-order valence-electron chi connectivity index (χ0n) is 8.05. The van der Waals surface area contributed by atoms with Crippen molar-refractivity contribution >= 4 is 11.9 Å². The van der Waals surface area contributed by atoms with Crippen LogP contribution in [0, 0.1) is 5.92 Å². The fourth-order valence-corrected chi connectivity index (χ4v) is 1.46. The van der Waals surface area contributed by atoms with Crippen molar-refractivity contribution in [1.29, 1.82) is 0 Å². The number of carbonyl (C=O) groups is 2. The van der Waals surface area contributed by atoms with E-state index in [1.807, 2.05) is 0 Å². The van der Waals surface area contributed by atoms with Gasteiger partial charge in [0.1, 0.15) is 12.2 Å². The van der Waals surface area contributed by atoms with Gasteiger partial charge < -0.3 is 30.3 Å². The lowest BCUT2D eigenvalue weighted by Gasteiger charge is -2.16. The Morgan fingerprint density at radius 1 is 1.06 bits per heavy atom. The van der Waals surface area contributed by atoms with Gasteiger partial charge in [0, 0.05) is 6.42 Å². The second-order valence-electron chi connectivity index (χ2n) is 3.51. The summed E-state index contributed by atoms with van der Waals surface area (Å²) < 4.78 is 4.65. The van der Waals surface area contributed by atoms with Gasteiger partial charge >= 0.3 is 11.9 Å². The van der Waals surface area contributed by atoms with Gasteiger partial charge in [0.25, 0.3) is 0 Å². The molecule has 8 heteroatoms. The Bertz CT molecular complexity index is 276. The van der Waals surface area contributed by atoms with E-state index in [-0.39, 0.29) is 0 Å². The predicted molar refractivity (Wildman–Crippen MR) is 46.3 cm³/mol. The van der Waals surface area contributed by atoms with Crippen LogP contribution in [0.2, 0.25) is 0 Å². The third kappa shape index (κ3) is 2.47. The molecule has 8 nitrogen and oxygen atoms in total. The number of hydrogen-bond donors (Lipinski definition) is 5. The molecule has 0 amide bonds. The van der Waals surface area contributed by atoms with Gasteiger partial charge in [-0.3, -0.25) is 9.59 Å². The second-order valence-corrected chi connectivity index (χ2v) is 3.51. The average Bonchev–Trinajstić information content (AvgIpc) is 2.41. The molecule has 1 aliphatic rings. The van der Waals surface area contributed by atoms with Gasteiger partial charge in [-0.15, -0.1) is 0 Å². The van der Waals surface area contributed by atoms with E-state index in [2.05, 4.69) is 4.74 Å². The van der Waals surface area contributed by atoms with E-state index in [1.54, 1.807) is 0 Å². The summed E-state index contributed by atoms with van der Waals surface area (Å²) in [5, 5.41) is 44.6. The Morgan fingerprint density at radius 3 is 1.88 bits per heavy atom. The van der Waals surface area contributed by atoms with Gasteiger partial charge in [0.15, 0.2) is 12.2 Å². The summed E-state index contributed by atoms with van der Waals surface area (Å²) in [6.45, 7) is 0. The zero-order valence-corrected chi connectivity index (χ0v) is 8.05. The van der Waals surface area contributed by atoms with Crippen molar-refractivity contribution in [3.05, 3.63) is 0 Å². The Hall–Kier alpha value is -1.22. The molecular weight excluding hydrogens is 224 g/mol. The van der Waals surface area contributed by atoms with Crippen LogP contribution >= 0.6 is 0 Å². The molecule has 0 saturated carbocycles. The molecule has 0 aromatic carbocycles. The number of rotatable bonds is 4. The maximum Gasteiger partial charge on any atom is 0.317 e. The lowest BCUT2D eigenvalue weighted by atomic mass is 9.98. The number of aliphatic hydroxyl groups excluding tert-OH is 3. The van der Waals surface area contributed by atoms with Gasteiger partial charge in [0.05, 0.1) is 6.10 Å². The molecule has 1 rings (SSSR count). The molecule has 0 bridgehead atoms. The number of ether oxygens (including phenoxy) is 1. The Kier molecular flexibility index (Phi) is 3.81. The van der Waals surface area contributed by atoms with Gasteiger partial charge in [-0.05, 0) is 0 Å². The van der Waals surface area contributed by atoms with Gasteiger partial charge in [-0.1, -0.05) is 0 Å². The monoisotopic (exact) mass is 236 g/mol. The van der Waals surface area contributed by atoms with Gasteiger partial charge in [-0.2, -0.15) is 0 Å². The van der Waals surface area contributed by atoms with Crippen LogP contribution in [0.5, 0.6) is 0 Å². The number of carboxylic acids is 2. The minimum absolute atomic E-state index is 0.528. The fourth-order valence-electron chi connectivity index (χ4n) is 1.46. The summed E-state index contributed by atoms with van der Waals surface area (Å²) in [4.78, 5) is 21.1. The van der Waals surface area contributed by atoms with E-state index >= 15 is 0 Å². The smallest absolute Gasteiger partial charge is 0.317 e. The van der Waals surface area contributed by atoms with Crippen molar-refractivity contribution in [2.45, 2.75) is 31.0 Å². The number of aliphatic hydroxyl groups is 3. The molecule has 1 unspecified atom stereocenters. The van der Waals surface area contributed by atoms with Crippen molar-refractivity contribution in [3.8, 4) is 0 Å². The first-order valence-electron chi connectivity index (χ1n) is 4.50. The lowest BCUT2D eigenvalue weighted by molar-refractivity contribution is -0.160. The van der Waals surface area contributed by atoms with Crippen LogP contribution in [-0.4, -0.2) is 62.1 Å². The minimum atomic E-state index is -1.75. The normalized spacial score (nSPS) is 34.2. The molecule has 1 aliphatic heterocycles. The molecule has 0 aromatic heterocycles. The minimum Gasteiger partial charge on any atom is -0.481 e.